The molecule has 0 fully saturated rings. The van der Waals surface area contributed by atoms with Crippen molar-refractivity contribution in [3.05, 3.63) is 22.4 Å². The average Bonchev–Trinajstić information content (AvgIpc) is 2.91. The van der Waals surface area contributed by atoms with Crippen LogP contribution in [0, 0.1) is 0 Å². The molecule has 0 saturated carbocycles. The maximum atomic E-state index is 5.61. The van der Waals surface area contributed by atoms with Crippen molar-refractivity contribution in [1.82, 2.24) is 10.2 Å². The van der Waals surface area contributed by atoms with Crippen LogP contribution in [0.2, 0.25) is 0 Å². The first kappa shape index (κ1) is 9.36. The lowest BCUT2D eigenvalue weighted by Gasteiger charge is -1.87. The molecule has 0 aliphatic heterocycles. The van der Waals surface area contributed by atoms with Crippen LogP contribution in [0.5, 0.6) is 0 Å². The summed E-state index contributed by atoms with van der Waals surface area (Å²) in [5.74, 6) is 1.36. The van der Waals surface area contributed by atoms with Gasteiger partial charge in [0, 0.05) is 4.88 Å². The smallest absolute Gasteiger partial charge is 0.257 e. The van der Waals surface area contributed by atoms with Crippen molar-refractivity contribution < 1.29 is 4.42 Å². The molecule has 2 aromatic heterocycles. The highest BCUT2D eigenvalue weighted by molar-refractivity contribution is 7.15. The van der Waals surface area contributed by atoms with Crippen molar-refractivity contribution in [3.8, 4) is 10.8 Å². The molecule has 0 spiro atoms. The van der Waals surface area contributed by atoms with Gasteiger partial charge < -0.3 is 4.42 Å². The Bertz CT molecular complexity index is 470. The molecule has 1 aliphatic carbocycles. The van der Waals surface area contributed by atoms with E-state index in [9.17, 15) is 0 Å². The van der Waals surface area contributed by atoms with Gasteiger partial charge >= 0.3 is 0 Å². The number of nitrogens with zero attached hydrogens (tertiary/aromatic N) is 2. The number of rotatable bonds is 2. The van der Waals surface area contributed by atoms with Crippen LogP contribution in [-0.4, -0.2) is 10.2 Å². The first-order chi connectivity index (χ1) is 7.36. The second-order valence-corrected chi connectivity index (χ2v) is 4.95. The second-order valence-electron chi connectivity index (χ2n) is 3.55. The highest BCUT2D eigenvalue weighted by Gasteiger charge is 2.18. The van der Waals surface area contributed by atoms with E-state index in [0.29, 0.717) is 11.8 Å². The quantitative estimate of drug-likeness (QED) is 0.758. The van der Waals surface area contributed by atoms with E-state index in [1.54, 1.807) is 11.3 Å². The zero-order valence-electron chi connectivity index (χ0n) is 7.99. The van der Waals surface area contributed by atoms with Crippen LogP contribution in [0.4, 0.5) is 0 Å². The van der Waals surface area contributed by atoms with Crippen LogP contribution in [0.15, 0.2) is 10.5 Å². The first-order valence-electron chi connectivity index (χ1n) is 4.87. The Morgan fingerprint density at radius 3 is 3.07 bits per heavy atom. The summed E-state index contributed by atoms with van der Waals surface area (Å²) in [6, 6.07) is 2.17. The number of alkyl halides is 1. The fourth-order valence-corrected chi connectivity index (χ4v) is 3.12. The van der Waals surface area contributed by atoms with E-state index in [0.717, 1.165) is 4.88 Å². The first-order valence-corrected chi connectivity index (χ1v) is 6.22. The third-order valence-corrected chi connectivity index (χ3v) is 3.99. The lowest BCUT2D eigenvalue weighted by molar-refractivity contribution is 0.528. The van der Waals surface area contributed by atoms with Gasteiger partial charge in [-0.3, -0.25) is 0 Å². The summed E-state index contributed by atoms with van der Waals surface area (Å²) in [6.45, 7) is 0. The number of aromatic nitrogens is 2. The zero-order chi connectivity index (χ0) is 10.3. The van der Waals surface area contributed by atoms with Gasteiger partial charge in [-0.25, -0.2) is 0 Å². The minimum Gasteiger partial charge on any atom is -0.419 e. The van der Waals surface area contributed by atoms with Crippen molar-refractivity contribution in [2.24, 2.45) is 0 Å². The van der Waals surface area contributed by atoms with Crippen molar-refractivity contribution >= 4 is 22.9 Å². The van der Waals surface area contributed by atoms with Crippen molar-refractivity contribution in [2.45, 2.75) is 25.1 Å². The molecule has 0 amide bonds. The van der Waals surface area contributed by atoms with Gasteiger partial charge in [0.1, 0.15) is 5.88 Å². The fraction of sp³-hybridized carbons (Fsp3) is 0.400. The van der Waals surface area contributed by atoms with Gasteiger partial charge in [-0.15, -0.1) is 33.1 Å². The van der Waals surface area contributed by atoms with E-state index in [1.807, 2.05) is 0 Å². The largest absolute Gasteiger partial charge is 0.419 e. The van der Waals surface area contributed by atoms with E-state index in [4.69, 9.17) is 16.0 Å². The van der Waals surface area contributed by atoms with Crippen molar-refractivity contribution in [3.63, 3.8) is 0 Å². The number of thiophene rings is 1. The highest BCUT2D eigenvalue weighted by atomic mass is 35.5. The third kappa shape index (κ3) is 1.58. The van der Waals surface area contributed by atoms with Crippen molar-refractivity contribution in [2.75, 3.05) is 0 Å². The minimum absolute atomic E-state index is 0.276. The van der Waals surface area contributed by atoms with Gasteiger partial charge in [-0.2, -0.15) is 0 Å². The van der Waals surface area contributed by atoms with Gasteiger partial charge in [0.15, 0.2) is 0 Å². The van der Waals surface area contributed by atoms with Crippen LogP contribution in [0.1, 0.15) is 22.8 Å². The summed E-state index contributed by atoms with van der Waals surface area (Å²) in [5, 5.41) is 7.83. The van der Waals surface area contributed by atoms with Crippen LogP contribution >= 0.6 is 22.9 Å². The summed E-state index contributed by atoms with van der Waals surface area (Å²) in [7, 11) is 0. The molecule has 3 rings (SSSR count). The second kappa shape index (κ2) is 3.61. The Morgan fingerprint density at radius 1 is 1.40 bits per heavy atom. The number of halogens is 1. The minimum atomic E-state index is 0.276. The van der Waals surface area contributed by atoms with E-state index in [2.05, 4.69) is 16.3 Å². The molecule has 0 unspecified atom stereocenters. The average molecular weight is 241 g/mol. The molecule has 0 saturated heterocycles. The van der Waals surface area contributed by atoms with Crippen LogP contribution < -0.4 is 0 Å². The summed E-state index contributed by atoms with van der Waals surface area (Å²) in [6.07, 6.45) is 3.65. The van der Waals surface area contributed by atoms with E-state index in [1.165, 1.54) is 29.7 Å². The zero-order valence-corrected chi connectivity index (χ0v) is 9.57. The standard InChI is InChI=1S/C10H9ClN2OS/c11-5-9-12-13-10(14-9)8-4-6-2-1-3-7(6)15-8/h4H,1-3,5H2. The van der Waals surface area contributed by atoms with E-state index < -0.39 is 0 Å². The predicted octanol–water partition coefficient (Wildman–Crippen LogP) is 3.03. The van der Waals surface area contributed by atoms with Gasteiger partial charge in [-0.05, 0) is 30.9 Å². The predicted molar refractivity (Wildman–Crippen MR) is 59.2 cm³/mol. The van der Waals surface area contributed by atoms with Crippen molar-refractivity contribution in [1.29, 1.82) is 0 Å². The van der Waals surface area contributed by atoms with Gasteiger partial charge in [0.25, 0.3) is 5.89 Å². The number of hydrogen-bond donors (Lipinski definition) is 0. The molecule has 15 heavy (non-hydrogen) atoms. The summed E-state index contributed by atoms with van der Waals surface area (Å²) in [4.78, 5) is 2.54. The van der Waals surface area contributed by atoms with Gasteiger partial charge in [-0.1, -0.05) is 0 Å². The fourth-order valence-electron chi connectivity index (χ4n) is 1.84. The SMILES string of the molecule is ClCc1nnc(-c2cc3c(s2)CCC3)o1. The molecule has 0 N–H and O–H groups in total. The molecule has 1 aliphatic rings. The van der Waals surface area contributed by atoms with Gasteiger partial charge in [0.05, 0.1) is 4.88 Å². The molecule has 5 heteroatoms. The van der Waals surface area contributed by atoms with Gasteiger partial charge in [0.2, 0.25) is 5.89 Å². The molecular weight excluding hydrogens is 232 g/mol. The summed E-state index contributed by atoms with van der Waals surface area (Å²) >= 11 is 7.37. The molecule has 2 aromatic rings. The van der Waals surface area contributed by atoms with Crippen LogP contribution in [0.3, 0.4) is 0 Å². The molecule has 0 aromatic carbocycles. The molecule has 2 heterocycles. The lowest BCUT2D eigenvalue weighted by atomic mass is 10.2. The normalized spacial score (nSPS) is 14.5. The monoisotopic (exact) mass is 240 g/mol. The molecular formula is C10H9ClN2OS. The third-order valence-electron chi connectivity index (χ3n) is 2.54. The maximum absolute atomic E-state index is 5.61. The maximum Gasteiger partial charge on any atom is 0.257 e. The highest BCUT2D eigenvalue weighted by Crippen LogP contribution is 2.35. The molecule has 0 radical (unpaired) electrons. The Labute approximate surface area is 96.1 Å². The topological polar surface area (TPSA) is 38.9 Å². The Kier molecular flexibility index (Phi) is 2.25. The number of fused-ring (bicyclic) bond motifs is 1. The van der Waals surface area contributed by atoms with E-state index in [-0.39, 0.29) is 5.88 Å². The molecule has 0 bridgehead atoms. The Morgan fingerprint density at radius 2 is 2.33 bits per heavy atom. The Hall–Kier alpha value is -0.870. The molecule has 78 valence electrons. The lowest BCUT2D eigenvalue weighted by Crippen LogP contribution is -1.74. The van der Waals surface area contributed by atoms with Crippen LogP contribution in [-0.2, 0) is 18.7 Å². The molecule has 0 atom stereocenters. The summed E-state index contributed by atoms with van der Waals surface area (Å²) in [5.41, 5.74) is 1.45. The number of hydrogen-bond acceptors (Lipinski definition) is 4. The molecule has 3 nitrogen and oxygen atoms in total. The Balaban J connectivity index is 1.98. The number of aryl methyl sites for hydroxylation is 2. The summed E-state index contributed by atoms with van der Waals surface area (Å²) < 4.78 is 5.41. The van der Waals surface area contributed by atoms with E-state index >= 15 is 0 Å². The van der Waals surface area contributed by atoms with Crippen LogP contribution in [0.25, 0.3) is 10.8 Å².